The summed E-state index contributed by atoms with van der Waals surface area (Å²) < 4.78 is 10.6. The number of rotatable bonds is 6. The van der Waals surface area contributed by atoms with E-state index in [1.165, 1.54) is 0 Å². The molecule has 3 N–H and O–H groups in total. The Morgan fingerprint density at radius 2 is 1.80 bits per heavy atom. The number of amidine groups is 1. The molecule has 132 valence electrons. The first-order valence-corrected chi connectivity index (χ1v) is 7.84. The molecular weight excluding hydrogens is 320 g/mol. The zero-order valence-electron chi connectivity index (χ0n) is 14.9. The Bertz CT molecular complexity index is 783. The summed E-state index contributed by atoms with van der Waals surface area (Å²) in [5, 5.41) is 2.43. The van der Waals surface area contributed by atoms with Crippen molar-refractivity contribution in [3.8, 4) is 11.5 Å². The van der Waals surface area contributed by atoms with Crippen LogP contribution in [0.3, 0.4) is 0 Å². The van der Waals surface area contributed by atoms with Crippen LogP contribution < -0.4 is 20.4 Å². The molecule has 0 atom stereocenters. The van der Waals surface area contributed by atoms with Gasteiger partial charge in [0.1, 0.15) is 11.5 Å². The highest BCUT2D eigenvalue weighted by molar-refractivity contribution is 5.93. The van der Waals surface area contributed by atoms with Crippen molar-refractivity contribution in [2.75, 3.05) is 13.7 Å². The second-order valence-electron chi connectivity index (χ2n) is 5.71. The number of hydrogen-bond acceptors (Lipinski definition) is 4. The van der Waals surface area contributed by atoms with Crippen molar-refractivity contribution in [1.29, 1.82) is 0 Å². The van der Waals surface area contributed by atoms with Crippen molar-refractivity contribution in [2.24, 2.45) is 5.73 Å². The summed E-state index contributed by atoms with van der Waals surface area (Å²) in [6.07, 6.45) is 0. The van der Waals surface area contributed by atoms with Gasteiger partial charge in [0.15, 0.2) is 6.61 Å². The van der Waals surface area contributed by atoms with Gasteiger partial charge in [-0.3, -0.25) is 10.6 Å². The van der Waals surface area contributed by atoms with Crippen LogP contribution >= 0.6 is 0 Å². The van der Waals surface area contributed by atoms with Crippen LogP contribution in [0, 0.1) is 20.8 Å². The maximum absolute atomic E-state index is 11.8. The lowest BCUT2D eigenvalue weighted by atomic mass is 10.1. The number of hydrogen-bond donors (Lipinski definition) is 2. The monoisotopic (exact) mass is 343 g/mol. The molecule has 0 saturated heterocycles. The van der Waals surface area contributed by atoms with E-state index < -0.39 is 5.97 Å². The van der Waals surface area contributed by atoms with Gasteiger partial charge in [-0.2, -0.15) is 0 Å². The van der Waals surface area contributed by atoms with Gasteiger partial charge in [0, 0.05) is 0 Å². The second-order valence-corrected chi connectivity index (χ2v) is 5.71. The van der Waals surface area contributed by atoms with Crippen LogP contribution in [0.4, 0.5) is 0 Å². The molecule has 0 spiro atoms. The summed E-state index contributed by atoms with van der Waals surface area (Å²) >= 11 is 0. The molecule has 2 rings (SSSR count). The third-order valence-electron chi connectivity index (χ3n) is 3.79. The van der Waals surface area contributed by atoms with Gasteiger partial charge in [0.05, 0.1) is 12.7 Å². The number of nitrogen functional groups attached to an aromatic ring is 1. The standard InChI is InChI=1S/C19H22N2O4/c1-12-9-13(2)14(3)17(10-12)24-11-18(22)25-21-19(20)15-5-7-16(23-4)8-6-15/h5-10H,11H2,1-4H3,(H2,20,21)/p+1. The van der Waals surface area contributed by atoms with Crippen LogP contribution in [-0.2, 0) is 9.63 Å². The Morgan fingerprint density at radius 1 is 1.12 bits per heavy atom. The molecule has 0 radical (unpaired) electrons. The fourth-order valence-corrected chi connectivity index (χ4v) is 2.26. The van der Waals surface area contributed by atoms with E-state index in [2.05, 4.69) is 11.2 Å². The highest BCUT2D eigenvalue weighted by atomic mass is 16.7. The van der Waals surface area contributed by atoms with E-state index >= 15 is 0 Å². The molecule has 2 aromatic rings. The SMILES string of the molecule is COc1ccc(C(N)=[NH+]OC(=O)COc2cc(C)cc(C)c2C)cc1. The van der Waals surface area contributed by atoms with Crippen LogP contribution in [0.2, 0.25) is 0 Å². The molecule has 0 heterocycles. The van der Waals surface area contributed by atoms with Gasteiger partial charge < -0.3 is 9.47 Å². The molecule has 0 fully saturated rings. The molecule has 0 amide bonds. The molecule has 0 unspecified atom stereocenters. The zero-order chi connectivity index (χ0) is 18.4. The number of ether oxygens (including phenoxy) is 2. The molecule has 6 nitrogen and oxygen atoms in total. The molecule has 0 aliphatic carbocycles. The first-order chi connectivity index (χ1) is 11.9. The lowest BCUT2D eigenvalue weighted by molar-refractivity contribution is -0.724. The summed E-state index contributed by atoms with van der Waals surface area (Å²) in [6.45, 7) is 5.71. The molecule has 0 aromatic heterocycles. The number of carbonyl (C=O) groups is 1. The lowest BCUT2D eigenvalue weighted by Gasteiger charge is -2.10. The first kappa shape index (κ1) is 18.3. The van der Waals surface area contributed by atoms with Crippen LogP contribution in [0.1, 0.15) is 22.3 Å². The normalized spacial score (nSPS) is 11.1. The smallest absolute Gasteiger partial charge is 0.394 e. The van der Waals surface area contributed by atoms with Crippen molar-refractivity contribution < 1.29 is 24.3 Å². The van der Waals surface area contributed by atoms with Crippen molar-refractivity contribution >= 4 is 11.8 Å². The summed E-state index contributed by atoms with van der Waals surface area (Å²) in [6, 6.07) is 11.0. The topological polar surface area (TPSA) is 84.8 Å². The molecule has 0 aliphatic rings. The van der Waals surface area contributed by atoms with Crippen molar-refractivity contribution in [2.45, 2.75) is 20.8 Å². The zero-order valence-corrected chi connectivity index (χ0v) is 14.9. The van der Waals surface area contributed by atoms with Gasteiger partial charge in [-0.1, -0.05) is 11.2 Å². The average molecular weight is 343 g/mol. The van der Waals surface area contributed by atoms with E-state index in [4.69, 9.17) is 20.0 Å². The Balaban J connectivity index is 1.93. The highest BCUT2D eigenvalue weighted by Gasteiger charge is 2.11. The first-order valence-electron chi connectivity index (χ1n) is 7.84. The van der Waals surface area contributed by atoms with E-state index in [0.717, 1.165) is 16.7 Å². The number of benzene rings is 2. The minimum Gasteiger partial charge on any atom is -0.497 e. The largest absolute Gasteiger partial charge is 0.497 e. The quantitative estimate of drug-likeness (QED) is 0.353. The van der Waals surface area contributed by atoms with Gasteiger partial charge in [0.2, 0.25) is 0 Å². The fourth-order valence-electron chi connectivity index (χ4n) is 2.26. The van der Waals surface area contributed by atoms with Crippen LogP contribution in [0.15, 0.2) is 36.4 Å². The molecule has 6 heteroatoms. The number of carbonyl (C=O) groups excluding carboxylic acids is 1. The van der Waals surface area contributed by atoms with Gasteiger partial charge in [-0.05, 0) is 67.8 Å². The van der Waals surface area contributed by atoms with Crippen molar-refractivity contribution in [1.82, 2.24) is 0 Å². The predicted octanol–water partition coefficient (Wildman–Crippen LogP) is 0.944. The van der Waals surface area contributed by atoms with Crippen molar-refractivity contribution in [3.63, 3.8) is 0 Å². The van der Waals surface area contributed by atoms with Gasteiger partial charge >= 0.3 is 11.8 Å². The van der Waals surface area contributed by atoms with Crippen molar-refractivity contribution in [3.05, 3.63) is 58.7 Å². The fraction of sp³-hybridized carbons (Fsp3) is 0.263. The average Bonchev–Trinajstić information content (AvgIpc) is 2.61. The van der Waals surface area contributed by atoms with Crippen LogP contribution in [0.25, 0.3) is 0 Å². The summed E-state index contributed by atoms with van der Waals surface area (Å²) in [4.78, 5) is 16.8. The lowest BCUT2D eigenvalue weighted by Crippen LogP contribution is -2.76. The molecule has 0 saturated carbocycles. The summed E-state index contributed by atoms with van der Waals surface area (Å²) in [7, 11) is 1.58. The van der Waals surface area contributed by atoms with Gasteiger partial charge in [-0.25, -0.2) is 4.79 Å². The summed E-state index contributed by atoms with van der Waals surface area (Å²) in [5.41, 5.74) is 9.71. The third-order valence-corrected chi connectivity index (χ3v) is 3.79. The molecule has 0 aliphatic heterocycles. The highest BCUT2D eigenvalue weighted by Crippen LogP contribution is 2.23. The van der Waals surface area contributed by atoms with E-state index in [1.807, 2.05) is 26.8 Å². The van der Waals surface area contributed by atoms with E-state index in [0.29, 0.717) is 17.1 Å². The Labute approximate surface area is 147 Å². The molecular formula is C19H23N2O4+. The third kappa shape index (κ3) is 4.97. The summed E-state index contributed by atoms with van der Waals surface area (Å²) in [5.74, 6) is 1.03. The van der Waals surface area contributed by atoms with E-state index in [-0.39, 0.29) is 12.4 Å². The number of methoxy groups -OCH3 is 1. The maximum Gasteiger partial charge on any atom is 0.394 e. The number of nitrogens with one attached hydrogen (secondary N) is 1. The Morgan fingerprint density at radius 3 is 2.44 bits per heavy atom. The van der Waals surface area contributed by atoms with Gasteiger partial charge in [-0.15, -0.1) is 0 Å². The van der Waals surface area contributed by atoms with E-state index in [9.17, 15) is 4.79 Å². The predicted molar refractivity (Wildman–Crippen MR) is 94.5 cm³/mol. The maximum atomic E-state index is 11.8. The van der Waals surface area contributed by atoms with Crippen LogP contribution in [-0.4, -0.2) is 25.5 Å². The molecule has 0 bridgehead atoms. The van der Waals surface area contributed by atoms with Gasteiger partial charge in [0.25, 0.3) is 0 Å². The Kier molecular flexibility index (Phi) is 6.00. The van der Waals surface area contributed by atoms with Crippen LogP contribution in [0.5, 0.6) is 11.5 Å². The minimum absolute atomic E-state index is 0.216. The number of nitrogens with two attached hydrogens (primary N) is 1. The number of aryl methyl sites for hydroxylation is 2. The molecule has 25 heavy (non-hydrogen) atoms. The molecule has 2 aromatic carbocycles. The second kappa shape index (κ2) is 8.19. The van der Waals surface area contributed by atoms with E-state index in [1.54, 1.807) is 31.4 Å². The minimum atomic E-state index is -0.574. The Hall–Kier alpha value is -3.02.